The van der Waals surface area contributed by atoms with Gasteiger partial charge >= 0.3 is 0 Å². The summed E-state index contributed by atoms with van der Waals surface area (Å²) in [6.07, 6.45) is 1.65. The van der Waals surface area contributed by atoms with Crippen LogP contribution >= 0.6 is 0 Å². The minimum atomic E-state index is -0.791. The standard InChI is InChI=1S/C6H16N4OS/c1-3-8-6(10-7)9-4-5-12(2)11/h3-5,7H2,1-2H3,(H2,8,9,10). The van der Waals surface area contributed by atoms with Crippen LogP contribution in [0.5, 0.6) is 0 Å². The molecule has 0 aromatic rings. The second-order valence-corrected chi connectivity index (χ2v) is 3.74. The molecule has 0 aliphatic heterocycles. The Balaban J connectivity index is 3.69. The Kier molecular flexibility index (Phi) is 6.69. The van der Waals surface area contributed by atoms with Crippen LogP contribution in [0.2, 0.25) is 0 Å². The molecule has 0 aromatic heterocycles. The summed E-state index contributed by atoms with van der Waals surface area (Å²) in [4.78, 5) is 4.05. The van der Waals surface area contributed by atoms with Gasteiger partial charge in [-0.25, -0.2) is 5.84 Å². The van der Waals surface area contributed by atoms with Crippen LogP contribution in [0, 0.1) is 0 Å². The Labute approximate surface area is 75.2 Å². The summed E-state index contributed by atoms with van der Waals surface area (Å²) in [5.74, 6) is 6.27. The number of hydrogen-bond acceptors (Lipinski definition) is 3. The lowest BCUT2D eigenvalue weighted by Gasteiger charge is -2.05. The molecule has 0 fully saturated rings. The van der Waals surface area contributed by atoms with Crippen LogP contribution in [0.3, 0.4) is 0 Å². The summed E-state index contributed by atoms with van der Waals surface area (Å²) >= 11 is 0. The van der Waals surface area contributed by atoms with Crippen molar-refractivity contribution >= 4 is 16.8 Å². The molecule has 0 heterocycles. The molecule has 0 amide bonds. The van der Waals surface area contributed by atoms with E-state index in [1.807, 2.05) is 6.92 Å². The van der Waals surface area contributed by atoms with Crippen molar-refractivity contribution in [2.24, 2.45) is 10.8 Å². The predicted molar refractivity (Wildman–Crippen MR) is 52.2 cm³/mol. The van der Waals surface area contributed by atoms with Crippen molar-refractivity contribution in [1.29, 1.82) is 0 Å². The van der Waals surface area contributed by atoms with Gasteiger partial charge in [0.25, 0.3) is 0 Å². The van der Waals surface area contributed by atoms with Crippen molar-refractivity contribution in [3.63, 3.8) is 0 Å². The minimum absolute atomic E-state index is 0.523. The van der Waals surface area contributed by atoms with E-state index in [0.29, 0.717) is 18.3 Å². The normalized spacial score (nSPS) is 14.1. The zero-order valence-electron chi connectivity index (χ0n) is 7.46. The van der Waals surface area contributed by atoms with Gasteiger partial charge in [-0.15, -0.1) is 0 Å². The number of hydrogen-bond donors (Lipinski definition) is 3. The van der Waals surface area contributed by atoms with Crippen LogP contribution in [-0.4, -0.2) is 35.3 Å². The highest BCUT2D eigenvalue weighted by atomic mass is 32.2. The fourth-order valence-corrected chi connectivity index (χ4v) is 0.954. The lowest BCUT2D eigenvalue weighted by molar-refractivity contribution is 0.686. The maximum atomic E-state index is 10.6. The van der Waals surface area contributed by atoms with Crippen molar-refractivity contribution in [2.45, 2.75) is 6.92 Å². The van der Waals surface area contributed by atoms with E-state index in [0.717, 1.165) is 6.54 Å². The number of rotatable bonds is 4. The largest absolute Gasteiger partial charge is 0.356 e. The topological polar surface area (TPSA) is 79.5 Å². The molecule has 0 radical (unpaired) electrons. The number of nitrogens with zero attached hydrogens (tertiary/aromatic N) is 1. The van der Waals surface area contributed by atoms with E-state index in [-0.39, 0.29) is 0 Å². The fraction of sp³-hybridized carbons (Fsp3) is 0.833. The van der Waals surface area contributed by atoms with Gasteiger partial charge in [0.15, 0.2) is 0 Å². The van der Waals surface area contributed by atoms with Gasteiger partial charge in [0.2, 0.25) is 5.96 Å². The highest BCUT2D eigenvalue weighted by molar-refractivity contribution is 7.84. The maximum absolute atomic E-state index is 10.6. The van der Waals surface area contributed by atoms with Crippen LogP contribution in [0.1, 0.15) is 6.92 Å². The van der Waals surface area contributed by atoms with Crippen molar-refractivity contribution in [2.75, 3.05) is 25.1 Å². The van der Waals surface area contributed by atoms with Gasteiger partial charge in [-0.1, -0.05) is 0 Å². The van der Waals surface area contributed by atoms with Crippen molar-refractivity contribution in [1.82, 2.24) is 10.7 Å². The molecule has 0 rings (SSSR count). The molecule has 1 unspecified atom stereocenters. The quantitative estimate of drug-likeness (QED) is 0.226. The number of aliphatic imine (C=N–C) groups is 1. The molecule has 72 valence electrons. The molecule has 0 aliphatic rings. The summed E-state index contributed by atoms with van der Waals surface area (Å²) < 4.78 is 10.6. The Morgan fingerprint density at radius 2 is 2.33 bits per heavy atom. The summed E-state index contributed by atoms with van der Waals surface area (Å²) in [6, 6.07) is 0. The van der Waals surface area contributed by atoms with Gasteiger partial charge in [-0.3, -0.25) is 14.6 Å². The minimum Gasteiger partial charge on any atom is -0.356 e. The van der Waals surface area contributed by atoms with E-state index < -0.39 is 10.8 Å². The van der Waals surface area contributed by atoms with Gasteiger partial charge in [-0.05, 0) is 6.92 Å². The highest BCUT2D eigenvalue weighted by Crippen LogP contribution is 1.77. The number of nitrogens with two attached hydrogens (primary N) is 1. The van der Waals surface area contributed by atoms with Crippen LogP contribution in [0.4, 0.5) is 0 Å². The summed E-state index contributed by atoms with van der Waals surface area (Å²) in [5.41, 5.74) is 2.42. The lowest BCUT2D eigenvalue weighted by atomic mass is 10.7. The summed E-state index contributed by atoms with van der Waals surface area (Å²) in [6.45, 7) is 3.23. The number of guanidine groups is 1. The third-order valence-electron chi connectivity index (χ3n) is 1.13. The van der Waals surface area contributed by atoms with Crippen molar-refractivity contribution < 1.29 is 4.21 Å². The number of nitrogens with one attached hydrogen (secondary N) is 2. The molecule has 0 saturated heterocycles. The average molecular weight is 192 g/mol. The van der Waals surface area contributed by atoms with E-state index >= 15 is 0 Å². The Bertz CT molecular complexity index is 171. The molecule has 12 heavy (non-hydrogen) atoms. The fourth-order valence-electron chi connectivity index (χ4n) is 0.606. The SMILES string of the molecule is CCNC(=NCCS(C)=O)NN. The van der Waals surface area contributed by atoms with E-state index in [1.54, 1.807) is 6.26 Å². The molecule has 5 nitrogen and oxygen atoms in total. The average Bonchev–Trinajstić information content (AvgIpc) is 2.02. The molecule has 0 aromatic carbocycles. The molecule has 0 saturated carbocycles. The second kappa shape index (κ2) is 7.05. The smallest absolute Gasteiger partial charge is 0.205 e. The molecular formula is C6H16N4OS. The van der Waals surface area contributed by atoms with Crippen LogP contribution in [-0.2, 0) is 10.8 Å². The first-order valence-electron chi connectivity index (χ1n) is 3.75. The summed E-state index contributed by atoms with van der Waals surface area (Å²) in [5, 5.41) is 2.92. The zero-order valence-corrected chi connectivity index (χ0v) is 8.28. The molecule has 6 heteroatoms. The third kappa shape index (κ3) is 6.11. The van der Waals surface area contributed by atoms with Crippen molar-refractivity contribution in [3.8, 4) is 0 Å². The van der Waals surface area contributed by atoms with Crippen LogP contribution in [0.15, 0.2) is 4.99 Å². The van der Waals surface area contributed by atoms with Crippen LogP contribution in [0.25, 0.3) is 0 Å². The third-order valence-corrected chi connectivity index (χ3v) is 1.89. The Morgan fingerprint density at radius 3 is 2.75 bits per heavy atom. The molecule has 0 aliphatic carbocycles. The lowest BCUT2D eigenvalue weighted by Crippen LogP contribution is -2.41. The van der Waals surface area contributed by atoms with Gasteiger partial charge in [0.1, 0.15) is 0 Å². The molecule has 1 atom stereocenters. The Morgan fingerprint density at radius 1 is 1.67 bits per heavy atom. The van der Waals surface area contributed by atoms with Gasteiger partial charge in [-0.2, -0.15) is 0 Å². The van der Waals surface area contributed by atoms with E-state index in [4.69, 9.17) is 5.84 Å². The first-order valence-corrected chi connectivity index (χ1v) is 5.48. The Hall–Kier alpha value is -0.620. The second-order valence-electron chi connectivity index (χ2n) is 2.18. The molecule has 0 bridgehead atoms. The summed E-state index contributed by atoms with van der Waals surface area (Å²) in [7, 11) is -0.791. The van der Waals surface area contributed by atoms with Crippen molar-refractivity contribution in [3.05, 3.63) is 0 Å². The predicted octanol–water partition coefficient (Wildman–Crippen LogP) is -1.21. The zero-order chi connectivity index (χ0) is 9.40. The van der Waals surface area contributed by atoms with Gasteiger partial charge in [0, 0.05) is 29.4 Å². The highest BCUT2D eigenvalue weighted by Gasteiger charge is 1.92. The van der Waals surface area contributed by atoms with E-state index in [1.165, 1.54) is 0 Å². The first-order chi connectivity index (χ1) is 5.70. The van der Waals surface area contributed by atoms with Gasteiger partial charge in [0.05, 0.1) is 6.54 Å². The first kappa shape index (κ1) is 11.4. The van der Waals surface area contributed by atoms with E-state index in [2.05, 4.69) is 15.7 Å². The monoisotopic (exact) mass is 192 g/mol. The molecule has 4 N–H and O–H groups in total. The number of hydrazine groups is 1. The van der Waals surface area contributed by atoms with E-state index in [9.17, 15) is 4.21 Å². The van der Waals surface area contributed by atoms with Gasteiger partial charge < -0.3 is 5.32 Å². The molecule has 0 spiro atoms. The van der Waals surface area contributed by atoms with Crippen LogP contribution < -0.4 is 16.6 Å². The molecular weight excluding hydrogens is 176 g/mol. The maximum Gasteiger partial charge on any atom is 0.205 e.